The van der Waals surface area contributed by atoms with Crippen molar-refractivity contribution in [2.45, 2.75) is 6.04 Å². The maximum Gasteiger partial charge on any atom is 0.247 e. The van der Waals surface area contributed by atoms with E-state index in [0.29, 0.717) is 45.5 Å². The fourth-order valence-corrected chi connectivity index (χ4v) is 5.81. The molecule has 1 saturated heterocycles. The lowest BCUT2D eigenvalue weighted by Crippen LogP contribution is -2.61. The maximum absolute atomic E-state index is 12.9. The number of hydrogen-bond acceptors (Lipinski definition) is 8. The van der Waals surface area contributed by atoms with Crippen LogP contribution in [0.4, 0.5) is 28.8 Å². The lowest BCUT2D eigenvalue weighted by molar-refractivity contribution is -0.134. The number of halogens is 1. The van der Waals surface area contributed by atoms with Gasteiger partial charge in [-0.25, -0.2) is 4.98 Å². The molecule has 10 nitrogen and oxygen atoms in total. The Hall–Kier alpha value is -3.88. The Labute approximate surface area is 225 Å². The van der Waals surface area contributed by atoms with Gasteiger partial charge in [0.25, 0.3) is 0 Å². The van der Waals surface area contributed by atoms with E-state index < -0.39 is 7.14 Å². The summed E-state index contributed by atoms with van der Waals surface area (Å²) < 4.78 is 18.7. The van der Waals surface area contributed by atoms with Crippen molar-refractivity contribution in [2.24, 2.45) is 0 Å². The summed E-state index contributed by atoms with van der Waals surface area (Å²) in [6.07, 6.45) is 2.69. The van der Waals surface area contributed by atoms with Crippen molar-refractivity contribution in [1.82, 2.24) is 14.9 Å². The van der Waals surface area contributed by atoms with E-state index in [2.05, 4.69) is 27.2 Å². The van der Waals surface area contributed by atoms with E-state index >= 15 is 0 Å². The number of carbonyl (C=O) groups excluding carboxylic acids is 2. The molecule has 5 rings (SSSR count). The molecule has 2 aliphatic rings. The largest absolute Gasteiger partial charge is 0.489 e. The second-order valence-corrected chi connectivity index (χ2v) is 12.9. The Morgan fingerprint density at radius 2 is 2.03 bits per heavy atom. The van der Waals surface area contributed by atoms with Crippen molar-refractivity contribution < 1.29 is 18.9 Å². The van der Waals surface area contributed by atoms with E-state index in [1.165, 1.54) is 17.2 Å². The Bertz CT molecular complexity index is 1490. The molecule has 2 N–H and O–H groups in total. The van der Waals surface area contributed by atoms with E-state index in [0.717, 1.165) is 0 Å². The van der Waals surface area contributed by atoms with Crippen LogP contribution in [-0.2, 0) is 14.2 Å². The second-order valence-electron chi connectivity index (χ2n) is 9.34. The highest BCUT2D eigenvalue weighted by Crippen LogP contribution is 2.40. The van der Waals surface area contributed by atoms with Crippen LogP contribution >= 0.6 is 18.7 Å². The van der Waals surface area contributed by atoms with Gasteiger partial charge in [0.2, 0.25) is 17.8 Å². The number of aromatic nitrogens is 2. The van der Waals surface area contributed by atoms with Gasteiger partial charge in [0.05, 0.1) is 23.6 Å². The average Bonchev–Trinajstić information content (AvgIpc) is 2.89. The predicted molar refractivity (Wildman–Crippen MR) is 149 cm³/mol. The molecule has 0 bridgehead atoms. The first-order valence-corrected chi connectivity index (χ1v) is 14.8. The number of piperazine rings is 1. The monoisotopic (exact) mass is 552 g/mol. The molecule has 0 radical (unpaired) electrons. The fraction of sp³-hybridized carbons (Fsp3) is 0.231. The van der Waals surface area contributed by atoms with Gasteiger partial charge >= 0.3 is 0 Å². The molecule has 196 valence electrons. The first-order valence-electron chi connectivity index (χ1n) is 11.9. The van der Waals surface area contributed by atoms with Gasteiger partial charge in [-0.15, -0.1) is 0 Å². The summed E-state index contributed by atoms with van der Waals surface area (Å²) in [5.41, 5.74) is 1.95. The number of hydrogen-bond donors (Lipinski definition) is 2. The molecule has 0 aliphatic carbocycles. The summed E-state index contributed by atoms with van der Waals surface area (Å²) in [7, 11) is -2.54. The van der Waals surface area contributed by atoms with Crippen LogP contribution < -0.4 is 25.6 Å². The minimum atomic E-state index is -2.54. The van der Waals surface area contributed by atoms with Gasteiger partial charge in [0.15, 0.2) is 5.82 Å². The van der Waals surface area contributed by atoms with Crippen LogP contribution in [0.3, 0.4) is 0 Å². The van der Waals surface area contributed by atoms with Crippen LogP contribution in [0.2, 0.25) is 5.02 Å². The molecule has 0 unspecified atom stereocenters. The van der Waals surface area contributed by atoms with Gasteiger partial charge in [0.1, 0.15) is 31.1 Å². The van der Waals surface area contributed by atoms with Crippen LogP contribution in [0.25, 0.3) is 0 Å². The first-order chi connectivity index (χ1) is 18.1. The lowest BCUT2D eigenvalue weighted by Gasteiger charge is -2.43. The zero-order chi connectivity index (χ0) is 27.0. The summed E-state index contributed by atoms with van der Waals surface area (Å²) in [5.74, 6) is 0.724. The molecule has 0 saturated carbocycles. The van der Waals surface area contributed by atoms with Crippen molar-refractivity contribution in [3.8, 4) is 5.75 Å². The van der Waals surface area contributed by atoms with Gasteiger partial charge in [-0.2, -0.15) is 4.98 Å². The standard InChI is InChI=1S/C26H26ClN6O4P/c1-4-23(34)32-13-17-15-37-21-11-16(9-10-20(21)33(17)24(35)14-32)29-26-28-12-18(27)25(31-26)30-19-7-5-6-8-22(19)38(2,3)36/h4-12,17H,1,13-15H2,2-3H3,(H2,28,29,30,31)/t17-/m0/s1. The highest BCUT2D eigenvalue weighted by molar-refractivity contribution is 7.70. The van der Waals surface area contributed by atoms with Crippen molar-refractivity contribution in [3.05, 3.63) is 66.3 Å². The zero-order valence-electron chi connectivity index (χ0n) is 20.8. The number of fused-ring (bicyclic) bond motifs is 3. The zero-order valence-corrected chi connectivity index (χ0v) is 22.5. The topological polar surface area (TPSA) is 117 Å². The summed E-state index contributed by atoms with van der Waals surface area (Å²) in [6.45, 7) is 7.53. The molecule has 38 heavy (non-hydrogen) atoms. The molecule has 1 atom stereocenters. The summed E-state index contributed by atoms with van der Waals surface area (Å²) in [6, 6.07) is 12.4. The molecule has 2 aliphatic heterocycles. The first kappa shape index (κ1) is 25.8. The molecule has 2 aromatic carbocycles. The van der Waals surface area contributed by atoms with Crippen LogP contribution in [-0.4, -0.2) is 65.8 Å². The summed E-state index contributed by atoms with van der Waals surface area (Å²) >= 11 is 6.36. The number of nitrogens with one attached hydrogen (secondary N) is 2. The van der Waals surface area contributed by atoms with Crippen LogP contribution in [0, 0.1) is 0 Å². The van der Waals surface area contributed by atoms with E-state index in [-0.39, 0.29) is 37.0 Å². The SMILES string of the molecule is C=CC(=O)N1CC(=O)N2c3ccc(Nc4ncc(Cl)c(Nc5ccccc5P(C)(C)=O)n4)cc3OC[C@@H]2C1. The summed E-state index contributed by atoms with van der Waals surface area (Å²) in [5, 5.41) is 7.32. The number of benzene rings is 2. The van der Waals surface area contributed by atoms with Crippen molar-refractivity contribution in [1.29, 1.82) is 0 Å². The Morgan fingerprint density at radius 3 is 2.79 bits per heavy atom. The van der Waals surface area contributed by atoms with E-state index in [9.17, 15) is 14.2 Å². The number of nitrogens with zero attached hydrogens (tertiary/aromatic N) is 4. The van der Waals surface area contributed by atoms with Gasteiger partial charge in [-0.3, -0.25) is 14.5 Å². The van der Waals surface area contributed by atoms with Gasteiger partial charge < -0.3 is 24.8 Å². The van der Waals surface area contributed by atoms with Gasteiger partial charge in [-0.1, -0.05) is 30.3 Å². The average molecular weight is 553 g/mol. The quantitative estimate of drug-likeness (QED) is 0.348. The second kappa shape index (κ2) is 10.1. The minimum Gasteiger partial charge on any atom is -0.489 e. The summed E-state index contributed by atoms with van der Waals surface area (Å²) in [4.78, 5) is 36.8. The van der Waals surface area contributed by atoms with E-state index in [4.69, 9.17) is 16.3 Å². The van der Waals surface area contributed by atoms with Crippen LogP contribution in [0.5, 0.6) is 5.75 Å². The van der Waals surface area contributed by atoms with Crippen LogP contribution in [0.15, 0.2) is 61.3 Å². The number of rotatable bonds is 6. The normalized spacial score (nSPS) is 16.7. The number of para-hydroxylation sites is 1. The smallest absolute Gasteiger partial charge is 0.247 e. The third kappa shape index (κ3) is 5.10. The Kier molecular flexibility index (Phi) is 6.86. The van der Waals surface area contributed by atoms with Gasteiger partial charge in [-0.05, 0) is 43.7 Å². The molecular weight excluding hydrogens is 527 g/mol. The Balaban J connectivity index is 1.36. The highest BCUT2D eigenvalue weighted by atomic mass is 35.5. The van der Waals surface area contributed by atoms with Crippen molar-refractivity contribution in [2.75, 3.05) is 48.6 Å². The number of amides is 2. The third-order valence-electron chi connectivity index (χ3n) is 6.27. The number of anilines is 5. The molecule has 1 aromatic heterocycles. The molecule has 3 heterocycles. The number of carbonyl (C=O) groups is 2. The van der Waals surface area contributed by atoms with Gasteiger partial charge in [0, 0.05) is 23.6 Å². The molecule has 1 fully saturated rings. The predicted octanol–water partition coefficient (Wildman–Crippen LogP) is 3.99. The van der Waals surface area contributed by atoms with Crippen molar-refractivity contribution >= 4 is 64.7 Å². The maximum atomic E-state index is 12.9. The Morgan fingerprint density at radius 1 is 1.24 bits per heavy atom. The van der Waals surface area contributed by atoms with Crippen LogP contribution in [0.1, 0.15) is 0 Å². The highest BCUT2D eigenvalue weighted by Gasteiger charge is 2.39. The molecule has 2 amide bonds. The van der Waals surface area contributed by atoms with Crippen molar-refractivity contribution in [3.63, 3.8) is 0 Å². The van der Waals surface area contributed by atoms with E-state index in [1.54, 1.807) is 36.4 Å². The lowest BCUT2D eigenvalue weighted by atomic mass is 10.1. The number of ether oxygens (including phenoxy) is 1. The van der Waals surface area contributed by atoms with E-state index in [1.807, 2.05) is 24.3 Å². The minimum absolute atomic E-state index is 0.0101. The third-order valence-corrected chi connectivity index (χ3v) is 8.09. The molecule has 0 spiro atoms. The molecule has 3 aromatic rings. The molecule has 12 heteroatoms. The molecular formula is C26H26ClN6O4P. The fourth-order valence-electron chi connectivity index (χ4n) is 4.51.